The lowest BCUT2D eigenvalue weighted by Crippen LogP contribution is -2.13. The molecule has 0 saturated carbocycles. The maximum Gasteiger partial charge on any atom is 0.306 e. The average Bonchev–Trinajstić information content (AvgIpc) is 2.46. The Morgan fingerprint density at radius 2 is 2.14 bits per heavy atom. The van der Waals surface area contributed by atoms with Gasteiger partial charge in [0.2, 0.25) is 5.91 Å². The van der Waals surface area contributed by atoms with E-state index in [1.54, 1.807) is 0 Å². The number of halogens is 1. The number of nitrogens with zero attached hydrogens (tertiary/aromatic N) is 1. The first-order chi connectivity index (χ1) is 10.4. The number of benzene rings is 1. The van der Waals surface area contributed by atoms with Crippen molar-refractivity contribution in [1.29, 1.82) is 0 Å². The monoisotopic (exact) mass is 324 g/mol. The van der Waals surface area contributed by atoms with E-state index in [0.29, 0.717) is 0 Å². The standard InChI is InChI=1S/C14H13ClN2O5/c1-2-8-22-14(19)5-3-4-13(18)16-11-7-6-10(15)9-12(11)17(20)21/h1,6-7,9H,3-5,8H2,(H,16,18). The Hall–Kier alpha value is -2.59. The number of nitrogens with one attached hydrogen (secondary N) is 1. The summed E-state index contributed by atoms with van der Waals surface area (Å²) in [6.07, 6.45) is 5.24. The highest BCUT2D eigenvalue weighted by Gasteiger charge is 2.16. The molecule has 0 fully saturated rings. The third-order valence-electron chi connectivity index (χ3n) is 2.53. The Labute approximate surface area is 131 Å². The second kappa shape index (κ2) is 8.64. The predicted octanol–water partition coefficient (Wildman–Crippen LogP) is 2.53. The van der Waals surface area contributed by atoms with E-state index in [-0.39, 0.29) is 42.3 Å². The van der Waals surface area contributed by atoms with Crippen LogP contribution < -0.4 is 5.32 Å². The number of esters is 1. The van der Waals surface area contributed by atoms with Crippen LogP contribution in [0.3, 0.4) is 0 Å². The normalized spacial score (nSPS) is 9.64. The van der Waals surface area contributed by atoms with Crippen molar-refractivity contribution in [2.24, 2.45) is 0 Å². The molecule has 0 heterocycles. The van der Waals surface area contributed by atoms with Gasteiger partial charge in [-0.05, 0) is 18.6 Å². The van der Waals surface area contributed by atoms with E-state index in [4.69, 9.17) is 18.0 Å². The topological polar surface area (TPSA) is 98.5 Å². The summed E-state index contributed by atoms with van der Waals surface area (Å²) < 4.78 is 4.64. The molecule has 0 radical (unpaired) electrons. The summed E-state index contributed by atoms with van der Waals surface area (Å²) in [5.74, 6) is 1.21. The van der Waals surface area contributed by atoms with Crippen molar-refractivity contribution in [2.75, 3.05) is 11.9 Å². The fraction of sp³-hybridized carbons (Fsp3) is 0.286. The number of ether oxygens (including phenoxy) is 1. The van der Waals surface area contributed by atoms with E-state index >= 15 is 0 Å². The lowest BCUT2D eigenvalue weighted by atomic mass is 10.2. The van der Waals surface area contributed by atoms with Gasteiger partial charge in [0.1, 0.15) is 5.69 Å². The zero-order chi connectivity index (χ0) is 16.5. The van der Waals surface area contributed by atoms with Crippen molar-refractivity contribution in [3.05, 3.63) is 33.3 Å². The van der Waals surface area contributed by atoms with E-state index in [9.17, 15) is 19.7 Å². The SMILES string of the molecule is C#CCOC(=O)CCCC(=O)Nc1ccc(Cl)cc1[N+](=O)[O-]. The Bertz CT molecular complexity index is 624. The quantitative estimate of drug-likeness (QED) is 0.359. The summed E-state index contributed by atoms with van der Waals surface area (Å²) in [4.78, 5) is 33.1. The van der Waals surface area contributed by atoms with Crippen LogP contribution in [0.1, 0.15) is 19.3 Å². The summed E-state index contributed by atoms with van der Waals surface area (Å²) in [6.45, 7) is -0.109. The highest BCUT2D eigenvalue weighted by atomic mass is 35.5. The van der Waals surface area contributed by atoms with Gasteiger partial charge in [0.15, 0.2) is 6.61 Å². The molecule has 0 bridgehead atoms. The highest BCUT2D eigenvalue weighted by Crippen LogP contribution is 2.27. The maximum absolute atomic E-state index is 11.7. The molecule has 1 amide bonds. The summed E-state index contributed by atoms with van der Waals surface area (Å²) in [7, 11) is 0. The number of carbonyl (C=O) groups excluding carboxylic acids is 2. The van der Waals surface area contributed by atoms with Crippen LogP contribution in [0.5, 0.6) is 0 Å². The second-order valence-electron chi connectivity index (χ2n) is 4.19. The van der Waals surface area contributed by atoms with Gasteiger partial charge in [0.25, 0.3) is 5.69 Å². The Kier molecular flexibility index (Phi) is 6.86. The van der Waals surface area contributed by atoms with Crippen molar-refractivity contribution in [3.8, 4) is 12.3 Å². The zero-order valence-electron chi connectivity index (χ0n) is 11.5. The molecule has 0 aliphatic rings. The number of hydrogen-bond donors (Lipinski definition) is 1. The summed E-state index contributed by atoms with van der Waals surface area (Å²) in [5, 5.41) is 13.5. The van der Waals surface area contributed by atoms with Gasteiger partial charge in [-0.2, -0.15) is 0 Å². The van der Waals surface area contributed by atoms with Gasteiger partial charge >= 0.3 is 5.97 Å². The molecule has 0 aliphatic heterocycles. The third-order valence-corrected chi connectivity index (χ3v) is 2.77. The van der Waals surface area contributed by atoms with Gasteiger partial charge in [-0.1, -0.05) is 17.5 Å². The van der Waals surface area contributed by atoms with Gasteiger partial charge in [-0.15, -0.1) is 6.42 Å². The van der Waals surface area contributed by atoms with Crippen LogP contribution >= 0.6 is 11.6 Å². The fourth-order valence-electron chi connectivity index (χ4n) is 1.56. The van der Waals surface area contributed by atoms with Gasteiger partial charge in [0.05, 0.1) is 4.92 Å². The first kappa shape index (κ1) is 17.5. The number of rotatable bonds is 7. The molecule has 7 nitrogen and oxygen atoms in total. The van der Waals surface area contributed by atoms with Crippen molar-refractivity contribution >= 4 is 34.9 Å². The van der Waals surface area contributed by atoms with Gasteiger partial charge < -0.3 is 10.1 Å². The highest BCUT2D eigenvalue weighted by molar-refractivity contribution is 6.31. The smallest absolute Gasteiger partial charge is 0.306 e. The first-order valence-corrected chi connectivity index (χ1v) is 6.64. The van der Waals surface area contributed by atoms with Crippen LogP contribution in [0.4, 0.5) is 11.4 Å². The molecule has 22 heavy (non-hydrogen) atoms. The molecule has 0 aromatic heterocycles. The molecule has 8 heteroatoms. The number of terminal acetylenes is 1. The van der Waals surface area contributed by atoms with E-state index in [1.807, 2.05) is 0 Å². The molecule has 1 rings (SSSR count). The number of amides is 1. The van der Waals surface area contributed by atoms with Crippen LogP contribution in [-0.2, 0) is 14.3 Å². The van der Waals surface area contributed by atoms with Gasteiger partial charge in [-0.25, -0.2) is 0 Å². The molecular formula is C14H13ClN2O5. The third kappa shape index (κ3) is 5.81. The largest absolute Gasteiger partial charge is 0.452 e. The number of hydrogen-bond acceptors (Lipinski definition) is 5. The van der Waals surface area contributed by atoms with Crippen LogP contribution in [0.25, 0.3) is 0 Å². The molecule has 0 atom stereocenters. The van der Waals surface area contributed by atoms with E-state index < -0.39 is 16.8 Å². The maximum atomic E-state index is 11.7. The number of anilines is 1. The fourth-order valence-corrected chi connectivity index (χ4v) is 1.73. The number of nitro groups is 1. The van der Waals surface area contributed by atoms with Crippen molar-refractivity contribution in [1.82, 2.24) is 0 Å². The van der Waals surface area contributed by atoms with E-state index in [2.05, 4.69) is 16.0 Å². The predicted molar refractivity (Wildman–Crippen MR) is 80.4 cm³/mol. The van der Waals surface area contributed by atoms with Crippen molar-refractivity contribution < 1.29 is 19.2 Å². The zero-order valence-corrected chi connectivity index (χ0v) is 12.3. The Balaban J connectivity index is 2.51. The summed E-state index contributed by atoms with van der Waals surface area (Å²) in [5.41, 5.74) is -0.247. The van der Waals surface area contributed by atoms with Crippen LogP contribution in [-0.4, -0.2) is 23.4 Å². The van der Waals surface area contributed by atoms with E-state index in [0.717, 1.165) is 6.07 Å². The summed E-state index contributed by atoms with van der Waals surface area (Å²) >= 11 is 5.68. The second-order valence-corrected chi connectivity index (χ2v) is 4.62. The number of carbonyl (C=O) groups is 2. The molecule has 0 aliphatic carbocycles. The van der Waals surface area contributed by atoms with Gasteiger partial charge in [-0.3, -0.25) is 19.7 Å². The minimum absolute atomic E-state index is 0.0188. The molecule has 0 spiro atoms. The molecule has 1 aromatic carbocycles. The van der Waals surface area contributed by atoms with Crippen LogP contribution in [0.2, 0.25) is 5.02 Å². The molecular weight excluding hydrogens is 312 g/mol. The first-order valence-electron chi connectivity index (χ1n) is 6.27. The Morgan fingerprint density at radius 3 is 2.77 bits per heavy atom. The van der Waals surface area contributed by atoms with E-state index in [1.165, 1.54) is 12.1 Å². The average molecular weight is 325 g/mol. The molecule has 1 N–H and O–H groups in total. The number of nitro benzene ring substituents is 1. The van der Waals surface area contributed by atoms with Gasteiger partial charge in [0, 0.05) is 23.9 Å². The lowest BCUT2D eigenvalue weighted by Gasteiger charge is -2.06. The van der Waals surface area contributed by atoms with Crippen molar-refractivity contribution in [3.63, 3.8) is 0 Å². The van der Waals surface area contributed by atoms with Crippen LogP contribution in [0, 0.1) is 22.5 Å². The van der Waals surface area contributed by atoms with Crippen LogP contribution in [0.15, 0.2) is 18.2 Å². The molecule has 0 unspecified atom stereocenters. The minimum Gasteiger partial charge on any atom is -0.452 e. The Morgan fingerprint density at radius 1 is 1.41 bits per heavy atom. The van der Waals surface area contributed by atoms with Crippen molar-refractivity contribution in [2.45, 2.75) is 19.3 Å². The summed E-state index contributed by atoms with van der Waals surface area (Å²) in [6, 6.07) is 3.93. The molecule has 0 saturated heterocycles. The molecule has 116 valence electrons. The molecule has 1 aromatic rings. The lowest BCUT2D eigenvalue weighted by molar-refractivity contribution is -0.383. The minimum atomic E-state index is -0.640.